The molecule has 1 atom stereocenters. The largest absolute Gasteiger partial charge is 0.481 e. The van der Waals surface area contributed by atoms with Gasteiger partial charge in [-0.1, -0.05) is 69.6 Å². The van der Waals surface area contributed by atoms with E-state index in [1.54, 1.807) is 12.1 Å². The quantitative estimate of drug-likeness (QED) is 0.218. The van der Waals surface area contributed by atoms with Crippen LogP contribution in [0.1, 0.15) is 68.7 Å². The van der Waals surface area contributed by atoms with Gasteiger partial charge in [0.15, 0.2) is 0 Å². The van der Waals surface area contributed by atoms with Crippen molar-refractivity contribution in [3.05, 3.63) is 93.8 Å². The predicted molar refractivity (Wildman–Crippen MR) is 152 cm³/mol. The number of alkyl halides is 3. The van der Waals surface area contributed by atoms with Gasteiger partial charge in [-0.25, -0.2) is 4.39 Å². The van der Waals surface area contributed by atoms with Gasteiger partial charge in [0.2, 0.25) is 0 Å². The van der Waals surface area contributed by atoms with E-state index in [2.05, 4.69) is 18.7 Å². The Morgan fingerprint density at radius 1 is 0.875 bits per heavy atom. The fourth-order valence-corrected chi connectivity index (χ4v) is 4.81. The third-order valence-corrected chi connectivity index (χ3v) is 7.09. The predicted octanol–water partition coefficient (Wildman–Crippen LogP) is 9.43. The third-order valence-electron chi connectivity index (χ3n) is 6.79. The first kappa shape index (κ1) is 31.6. The first-order valence-corrected chi connectivity index (χ1v) is 13.8. The molecule has 0 aliphatic carbocycles. The minimum Gasteiger partial charge on any atom is -0.481 e. The average molecular weight is 578 g/mol. The topological polar surface area (TPSA) is 40.5 Å². The van der Waals surface area contributed by atoms with Crippen LogP contribution in [0.2, 0.25) is 5.02 Å². The summed E-state index contributed by atoms with van der Waals surface area (Å²) in [6, 6.07) is 15.2. The Morgan fingerprint density at radius 3 is 2.08 bits per heavy atom. The normalized spacial score (nSPS) is 12.9. The van der Waals surface area contributed by atoms with Crippen LogP contribution in [0, 0.1) is 17.7 Å². The Kier molecular flexibility index (Phi) is 10.8. The molecule has 0 radical (unpaired) electrons. The Hall–Kier alpha value is -2.90. The van der Waals surface area contributed by atoms with Crippen molar-refractivity contribution in [2.24, 2.45) is 11.8 Å². The van der Waals surface area contributed by atoms with Crippen molar-refractivity contribution in [3.8, 4) is 11.1 Å². The fraction of sp³-hybridized carbons (Fsp3) is 0.406. The van der Waals surface area contributed by atoms with Gasteiger partial charge in [0.1, 0.15) is 5.82 Å². The van der Waals surface area contributed by atoms with E-state index >= 15 is 0 Å². The number of halogens is 5. The summed E-state index contributed by atoms with van der Waals surface area (Å²) in [5.41, 5.74) is 2.67. The second-order valence-corrected chi connectivity index (χ2v) is 11.6. The van der Waals surface area contributed by atoms with E-state index < -0.39 is 29.4 Å². The molecule has 3 aromatic carbocycles. The molecule has 0 bridgehead atoms. The Bertz CT molecular complexity index is 1290. The van der Waals surface area contributed by atoms with Gasteiger partial charge in [-0.15, -0.1) is 0 Å². The SMILES string of the molecule is CC(C)CCN(Cc1cc(-c2ccc(C(F)(F)F)cc2)cc(C(CC(C)C)C(=O)O)c1)Cc1ccc(Cl)c(F)c1. The van der Waals surface area contributed by atoms with Crippen LogP contribution in [-0.2, 0) is 24.1 Å². The van der Waals surface area contributed by atoms with Crippen molar-refractivity contribution >= 4 is 17.6 Å². The molecule has 0 aliphatic rings. The van der Waals surface area contributed by atoms with Gasteiger partial charge in [0.05, 0.1) is 16.5 Å². The van der Waals surface area contributed by atoms with Gasteiger partial charge in [-0.05, 0) is 89.4 Å². The smallest absolute Gasteiger partial charge is 0.416 e. The molecule has 216 valence electrons. The molecule has 3 rings (SSSR count). The van der Waals surface area contributed by atoms with Crippen LogP contribution < -0.4 is 0 Å². The summed E-state index contributed by atoms with van der Waals surface area (Å²) < 4.78 is 53.6. The van der Waals surface area contributed by atoms with Crippen LogP contribution in [0.3, 0.4) is 0 Å². The summed E-state index contributed by atoms with van der Waals surface area (Å²) in [5.74, 6) is -1.64. The van der Waals surface area contributed by atoms with Crippen molar-refractivity contribution in [1.82, 2.24) is 4.90 Å². The average Bonchev–Trinajstić information content (AvgIpc) is 2.87. The second kappa shape index (κ2) is 13.6. The van der Waals surface area contributed by atoms with E-state index in [0.29, 0.717) is 42.1 Å². The lowest BCUT2D eigenvalue weighted by Gasteiger charge is -2.25. The monoisotopic (exact) mass is 577 g/mol. The number of carboxylic acid groups (broad SMARTS) is 1. The number of aliphatic carboxylic acids is 1. The standard InChI is InChI=1S/C32H36ClF4NO2/c1-20(2)11-12-38(18-22-5-10-29(33)30(34)16-22)19-23-14-25(24-6-8-27(9-7-24)32(35,36)37)17-26(15-23)28(31(39)40)13-21(3)4/h5-10,14-17,20-21,28H,11-13,18-19H2,1-4H3,(H,39,40). The van der Waals surface area contributed by atoms with E-state index in [-0.39, 0.29) is 10.9 Å². The van der Waals surface area contributed by atoms with E-state index in [4.69, 9.17) is 11.6 Å². The summed E-state index contributed by atoms with van der Waals surface area (Å²) in [4.78, 5) is 14.4. The Labute approximate surface area is 238 Å². The lowest BCUT2D eigenvalue weighted by molar-refractivity contribution is -0.139. The maximum atomic E-state index is 14.2. The number of hydrogen-bond acceptors (Lipinski definition) is 2. The number of carboxylic acids is 1. The number of carbonyl (C=O) groups is 1. The number of rotatable bonds is 12. The highest BCUT2D eigenvalue weighted by atomic mass is 35.5. The number of benzene rings is 3. The molecule has 3 aromatic rings. The van der Waals surface area contributed by atoms with Crippen molar-refractivity contribution < 1.29 is 27.5 Å². The zero-order valence-corrected chi connectivity index (χ0v) is 24.0. The molecule has 0 fully saturated rings. The molecule has 0 amide bonds. The van der Waals surface area contributed by atoms with Crippen LogP contribution >= 0.6 is 11.6 Å². The zero-order chi connectivity index (χ0) is 29.6. The maximum Gasteiger partial charge on any atom is 0.416 e. The molecule has 0 heterocycles. The molecule has 0 aliphatic heterocycles. The van der Waals surface area contributed by atoms with Gasteiger partial charge in [-0.2, -0.15) is 13.2 Å². The fourth-order valence-electron chi connectivity index (χ4n) is 4.69. The molecule has 0 saturated heterocycles. The summed E-state index contributed by atoms with van der Waals surface area (Å²) in [6.45, 7) is 9.77. The van der Waals surface area contributed by atoms with Gasteiger partial charge in [0.25, 0.3) is 0 Å². The first-order chi connectivity index (χ1) is 18.7. The molecule has 8 heteroatoms. The molecule has 0 aromatic heterocycles. The van der Waals surface area contributed by atoms with E-state index in [9.17, 15) is 27.5 Å². The van der Waals surface area contributed by atoms with Gasteiger partial charge >= 0.3 is 12.1 Å². The molecular weight excluding hydrogens is 542 g/mol. The van der Waals surface area contributed by atoms with Crippen molar-refractivity contribution in [1.29, 1.82) is 0 Å². The van der Waals surface area contributed by atoms with Crippen molar-refractivity contribution in [2.45, 2.75) is 65.7 Å². The minimum atomic E-state index is -4.45. The van der Waals surface area contributed by atoms with Crippen LogP contribution in [0.25, 0.3) is 11.1 Å². The van der Waals surface area contributed by atoms with Crippen LogP contribution in [-0.4, -0.2) is 22.5 Å². The molecule has 3 nitrogen and oxygen atoms in total. The molecular formula is C32H36ClF4NO2. The third kappa shape index (κ3) is 9.07. The maximum absolute atomic E-state index is 14.2. The van der Waals surface area contributed by atoms with E-state index in [1.807, 2.05) is 26.0 Å². The van der Waals surface area contributed by atoms with Crippen LogP contribution in [0.15, 0.2) is 60.7 Å². The molecule has 40 heavy (non-hydrogen) atoms. The van der Waals surface area contributed by atoms with Crippen molar-refractivity contribution in [3.63, 3.8) is 0 Å². The highest BCUT2D eigenvalue weighted by Crippen LogP contribution is 2.34. The van der Waals surface area contributed by atoms with Gasteiger partial charge in [0, 0.05) is 13.1 Å². The summed E-state index contributed by atoms with van der Waals surface area (Å²) in [5, 5.41) is 10.1. The minimum absolute atomic E-state index is 0.0521. The Balaban J connectivity index is 2.04. The highest BCUT2D eigenvalue weighted by Gasteiger charge is 2.30. The lowest BCUT2D eigenvalue weighted by atomic mass is 9.87. The molecule has 0 saturated carbocycles. The van der Waals surface area contributed by atoms with Crippen LogP contribution in [0.5, 0.6) is 0 Å². The van der Waals surface area contributed by atoms with Crippen LogP contribution in [0.4, 0.5) is 17.6 Å². The van der Waals surface area contributed by atoms with Crippen molar-refractivity contribution in [2.75, 3.05) is 6.54 Å². The molecule has 1 unspecified atom stereocenters. The van der Waals surface area contributed by atoms with E-state index in [0.717, 1.165) is 36.2 Å². The molecule has 0 spiro atoms. The van der Waals surface area contributed by atoms with Gasteiger partial charge in [-0.3, -0.25) is 9.69 Å². The van der Waals surface area contributed by atoms with Gasteiger partial charge < -0.3 is 5.11 Å². The molecule has 1 N–H and O–H groups in total. The number of nitrogens with zero attached hydrogens (tertiary/aromatic N) is 1. The number of hydrogen-bond donors (Lipinski definition) is 1. The lowest BCUT2D eigenvalue weighted by Crippen LogP contribution is -2.25. The zero-order valence-electron chi connectivity index (χ0n) is 23.2. The summed E-state index contributed by atoms with van der Waals surface area (Å²) >= 11 is 5.87. The first-order valence-electron chi connectivity index (χ1n) is 13.4. The highest BCUT2D eigenvalue weighted by molar-refractivity contribution is 6.30. The van der Waals surface area contributed by atoms with E-state index in [1.165, 1.54) is 24.3 Å². The Morgan fingerprint density at radius 2 is 1.52 bits per heavy atom. The second-order valence-electron chi connectivity index (χ2n) is 11.2. The summed E-state index contributed by atoms with van der Waals surface area (Å²) in [6.07, 6.45) is -3.13. The summed E-state index contributed by atoms with van der Waals surface area (Å²) in [7, 11) is 0.